The van der Waals surface area contributed by atoms with E-state index < -0.39 is 9.84 Å². The van der Waals surface area contributed by atoms with Crippen LogP contribution in [-0.2, 0) is 9.84 Å². The van der Waals surface area contributed by atoms with Crippen LogP contribution in [0.15, 0.2) is 18.2 Å². The number of nitrogens with one attached hydrogen (secondary N) is 1. The molecule has 1 aromatic rings. The average Bonchev–Trinajstić information content (AvgIpc) is 2.07. The number of benzene rings is 1. The van der Waals surface area contributed by atoms with Gasteiger partial charge in [0, 0.05) is 16.4 Å². The van der Waals surface area contributed by atoms with E-state index in [-0.39, 0.29) is 5.75 Å². The van der Waals surface area contributed by atoms with Gasteiger partial charge in [0.25, 0.3) is 0 Å². The van der Waals surface area contributed by atoms with Gasteiger partial charge in [0.2, 0.25) is 0 Å². The number of halogens is 2. The lowest BCUT2D eigenvalue weighted by Crippen LogP contribution is -2.14. The van der Waals surface area contributed by atoms with E-state index in [9.17, 15) is 8.42 Å². The molecule has 0 radical (unpaired) electrons. The molecule has 1 N–H and O–H groups in total. The molecule has 0 heterocycles. The molecule has 0 bridgehead atoms. The van der Waals surface area contributed by atoms with Crippen molar-refractivity contribution in [1.29, 1.82) is 0 Å². The van der Waals surface area contributed by atoms with Gasteiger partial charge in [-0.1, -0.05) is 11.6 Å². The van der Waals surface area contributed by atoms with E-state index in [1.54, 1.807) is 0 Å². The Bertz CT molecular complexity index is 447. The minimum atomic E-state index is -2.92. The van der Waals surface area contributed by atoms with E-state index in [1.807, 2.05) is 18.2 Å². The Labute approximate surface area is 108 Å². The van der Waals surface area contributed by atoms with E-state index in [4.69, 9.17) is 11.6 Å². The topological polar surface area (TPSA) is 46.2 Å². The quantitative estimate of drug-likeness (QED) is 0.840. The molecule has 0 fully saturated rings. The van der Waals surface area contributed by atoms with E-state index >= 15 is 0 Å². The zero-order valence-corrected chi connectivity index (χ0v) is 11.9. The van der Waals surface area contributed by atoms with Crippen LogP contribution in [0.3, 0.4) is 0 Å². The van der Waals surface area contributed by atoms with Gasteiger partial charge in [-0.15, -0.1) is 0 Å². The monoisotopic (exact) mass is 359 g/mol. The third-order valence-corrected chi connectivity index (χ3v) is 3.65. The van der Waals surface area contributed by atoms with Crippen molar-refractivity contribution in [3.63, 3.8) is 0 Å². The molecule has 0 aromatic heterocycles. The van der Waals surface area contributed by atoms with Gasteiger partial charge in [0.15, 0.2) is 0 Å². The predicted molar refractivity (Wildman–Crippen MR) is 72.4 cm³/mol. The summed E-state index contributed by atoms with van der Waals surface area (Å²) >= 11 is 8.13. The maximum atomic E-state index is 10.9. The lowest BCUT2D eigenvalue weighted by atomic mass is 10.3. The first kappa shape index (κ1) is 13.1. The van der Waals surface area contributed by atoms with Crippen LogP contribution in [0.1, 0.15) is 0 Å². The zero-order valence-electron chi connectivity index (χ0n) is 8.13. The van der Waals surface area contributed by atoms with Gasteiger partial charge in [-0.2, -0.15) is 0 Å². The normalized spacial score (nSPS) is 11.4. The second kappa shape index (κ2) is 5.36. The highest BCUT2D eigenvalue weighted by Gasteiger charge is 2.03. The summed E-state index contributed by atoms with van der Waals surface area (Å²) in [6.45, 7) is 0.374. The second-order valence-electron chi connectivity index (χ2n) is 3.18. The SMILES string of the molecule is CS(=O)(=O)CCNc1ccc(I)cc1Cl. The van der Waals surface area contributed by atoms with Gasteiger partial charge in [-0.3, -0.25) is 0 Å². The molecule has 0 saturated carbocycles. The van der Waals surface area contributed by atoms with E-state index in [2.05, 4.69) is 27.9 Å². The Hall–Kier alpha value is -0.0100. The minimum Gasteiger partial charge on any atom is -0.383 e. The molecule has 0 spiro atoms. The summed E-state index contributed by atoms with van der Waals surface area (Å²) in [5, 5.41) is 3.59. The van der Waals surface area contributed by atoms with Crippen LogP contribution in [0.4, 0.5) is 5.69 Å². The smallest absolute Gasteiger partial charge is 0.149 e. The van der Waals surface area contributed by atoms with Crippen molar-refractivity contribution in [3.8, 4) is 0 Å². The van der Waals surface area contributed by atoms with Gasteiger partial charge >= 0.3 is 0 Å². The van der Waals surface area contributed by atoms with Crippen LogP contribution in [0.5, 0.6) is 0 Å². The summed E-state index contributed by atoms with van der Waals surface area (Å²) in [5.41, 5.74) is 0.765. The highest BCUT2D eigenvalue weighted by molar-refractivity contribution is 14.1. The largest absolute Gasteiger partial charge is 0.383 e. The molecule has 0 atom stereocenters. The summed E-state index contributed by atoms with van der Waals surface area (Å²) in [6, 6.07) is 5.58. The highest BCUT2D eigenvalue weighted by Crippen LogP contribution is 2.23. The van der Waals surface area contributed by atoms with Crippen LogP contribution in [-0.4, -0.2) is 27.0 Å². The maximum absolute atomic E-state index is 10.9. The van der Waals surface area contributed by atoms with Crippen molar-refractivity contribution in [1.82, 2.24) is 0 Å². The van der Waals surface area contributed by atoms with Gasteiger partial charge < -0.3 is 5.32 Å². The molecule has 0 aliphatic heterocycles. The fourth-order valence-electron chi connectivity index (χ4n) is 1.00. The van der Waals surface area contributed by atoms with Crippen molar-refractivity contribution in [3.05, 3.63) is 26.8 Å². The Kier molecular flexibility index (Phi) is 4.66. The minimum absolute atomic E-state index is 0.106. The Morgan fingerprint density at radius 3 is 2.67 bits per heavy atom. The molecular formula is C9H11ClINO2S. The predicted octanol–water partition coefficient (Wildman–Crippen LogP) is 2.40. The molecule has 0 aliphatic carbocycles. The van der Waals surface area contributed by atoms with Crippen LogP contribution in [0.2, 0.25) is 5.02 Å². The number of sulfone groups is 1. The molecule has 84 valence electrons. The molecule has 0 aliphatic rings. The summed E-state index contributed by atoms with van der Waals surface area (Å²) < 4.78 is 22.8. The molecule has 1 aromatic carbocycles. The van der Waals surface area contributed by atoms with Gasteiger partial charge in [0.05, 0.1) is 16.5 Å². The number of anilines is 1. The fourth-order valence-corrected chi connectivity index (χ4v) is 2.40. The van der Waals surface area contributed by atoms with E-state index in [0.29, 0.717) is 11.6 Å². The first-order valence-electron chi connectivity index (χ1n) is 4.25. The third-order valence-electron chi connectivity index (χ3n) is 1.72. The second-order valence-corrected chi connectivity index (χ2v) is 7.09. The van der Waals surface area contributed by atoms with Crippen molar-refractivity contribution < 1.29 is 8.42 Å². The van der Waals surface area contributed by atoms with Gasteiger partial charge in [-0.05, 0) is 40.8 Å². The lowest BCUT2D eigenvalue weighted by molar-refractivity contribution is 0.602. The Morgan fingerprint density at radius 2 is 2.13 bits per heavy atom. The standard InChI is InChI=1S/C9H11ClINO2S/c1-15(13,14)5-4-12-9-3-2-7(11)6-8(9)10/h2-3,6,12H,4-5H2,1H3. The van der Waals surface area contributed by atoms with Crippen LogP contribution < -0.4 is 5.32 Å². The summed E-state index contributed by atoms with van der Waals surface area (Å²) in [7, 11) is -2.92. The Balaban J connectivity index is 2.59. The Morgan fingerprint density at radius 1 is 1.47 bits per heavy atom. The van der Waals surface area contributed by atoms with Gasteiger partial charge in [0.1, 0.15) is 9.84 Å². The third kappa shape index (κ3) is 5.03. The fraction of sp³-hybridized carbons (Fsp3) is 0.333. The first-order chi connectivity index (χ1) is 6.88. The highest BCUT2D eigenvalue weighted by atomic mass is 127. The molecule has 6 heteroatoms. The molecule has 0 saturated heterocycles. The summed E-state index contributed by atoms with van der Waals surface area (Å²) in [6.07, 6.45) is 1.21. The molecule has 15 heavy (non-hydrogen) atoms. The van der Waals surface area contributed by atoms with Crippen molar-refractivity contribution >= 4 is 49.7 Å². The average molecular weight is 360 g/mol. The van der Waals surface area contributed by atoms with Crippen LogP contribution in [0, 0.1) is 3.57 Å². The van der Waals surface area contributed by atoms with Crippen molar-refractivity contribution in [2.75, 3.05) is 23.9 Å². The number of hydrogen-bond acceptors (Lipinski definition) is 3. The van der Waals surface area contributed by atoms with Crippen LogP contribution >= 0.6 is 34.2 Å². The van der Waals surface area contributed by atoms with Crippen LogP contribution in [0.25, 0.3) is 0 Å². The number of hydrogen-bond donors (Lipinski definition) is 1. The summed E-state index contributed by atoms with van der Waals surface area (Å²) in [4.78, 5) is 0. The first-order valence-corrected chi connectivity index (χ1v) is 7.77. The molecule has 3 nitrogen and oxygen atoms in total. The van der Waals surface area contributed by atoms with Crippen molar-refractivity contribution in [2.45, 2.75) is 0 Å². The molecule has 1 rings (SSSR count). The lowest BCUT2D eigenvalue weighted by Gasteiger charge is -2.07. The molecule has 0 unspecified atom stereocenters. The molecular weight excluding hydrogens is 349 g/mol. The van der Waals surface area contributed by atoms with E-state index in [0.717, 1.165) is 9.26 Å². The van der Waals surface area contributed by atoms with E-state index in [1.165, 1.54) is 6.26 Å². The number of rotatable bonds is 4. The van der Waals surface area contributed by atoms with Crippen molar-refractivity contribution in [2.24, 2.45) is 0 Å². The van der Waals surface area contributed by atoms with Gasteiger partial charge in [-0.25, -0.2) is 8.42 Å². The maximum Gasteiger partial charge on any atom is 0.149 e. The summed E-state index contributed by atoms with van der Waals surface area (Å²) in [5.74, 6) is 0.106. The zero-order chi connectivity index (χ0) is 11.5. The molecule has 0 amide bonds.